The lowest BCUT2D eigenvalue weighted by Gasteiger charge is -2.32. The molecule has 0 aliphatic carbocycles. The summed E-state index contributed by atoms with van der Waals surface area (Å²) in [6.45, 7) is 8.40. The van der Waals surface area contributed by atoms with Crippen LogP contribution in [0.25, 0.3) is 0 Å². The Kier molecular flexibility index (Phi) is 5.83. The zero-order valence-corrected chi connectivity index (χ0v) is 12.7. The van der Waals surface area contributed by atoms with E-state index >= 15 is 0 Å². The molecule has 2 N–H and O–H groups in total. The summed E-state index contributed by atoms with van der Waals surface area (Å²) in [5.74, 6) is 0.941. The molecule has 2 rings (SSSR count). The van der Waals surface area contributed by atoms with Crippen molar-refractivity contribution in [1.82, 2.24) is 9.80 Å². The van der Waals surface area contributed by atoms with Gasteiger partial charge in [-0.15, -0.1) is 0 Å². The number of piperazine rings is 1. The Labute approximate surface area is 122 Å². The van der Waals surface area contributed by atoms with Gasteiger partial charge in [0.1, 0.15) is 12.4 Å². The van der Waals surface area contributed by atoms with E-state index in [1.165, 1.54) is 0 Å². The minimum absolute atomic E-state index is 0.0647. The number of rotatable bonds is 6. The van der Waals surface area contributed by atoms with Crippen LogP contribution in [-0.4, -0.2) is 56.2 Å². The molecular weight excluding hydrogens is 250 g/mol. The molecule has 0 spiro atoms. The molecule has 1 saturated heterocycles. The van der Waals surface area contributed by atoms with Crippen LogP contribution in [0, 0.1) is 0 Å². The van der Waals surface area contributed by atoms with E-state index in [-0.39, 0.29) is 6.04 Å². The van der Waals surface area contributed by atoms with E-state index in [1.54, 1.807) is 0 Å². The number of benzene rings is 1. The summed E-state index contributed by atoms with van der Waals surface area (Å²) >= 11 is 0. The molecule has 0 radical (unpaired) electrons. The largest absolute Gasteiger partial charge is 0.492 e. The third-order valence-corrected chi connectivity index (χ3v) is 4.02. The fraction of sp³-hybridized carbons (Fsp3) is 0.625. The van der Waals surface area contributed by atoms with Crippen LogP contribution in [0.2, 0.25) is 0 Å². The highest BCUT2D eigenvalue weighted by molar-refractivity contribution is 5.35. The zero-order chi connectivity index (χ0) is 14.4. The number of hydrogen-bond acceptors (Lipinski definition) is 4. The molecule has 1 atom stereocenters. The third-order valence-electron chi connectivity index (χ3n) is 4.02. The minimum Gasteiger partial charge on any atom is -0.492 e. The molecule has 20 heavy (non-hydrogen) atoms. The van der Waals surface area contributed by atoms with Crippen molar-refractivity contribution < 1.29 is 4.74 Å². The van der Waals surface area contributed by atoms with E-state index in [2.05, 4.69) is 29.8 Å². The van der Waals surface area contributed by atoms with Gasteiger partial charge < -0.3 is 15.4 Å². The summed E-state index contributed by atoms with van der Waals surface area (Å²) in [5, 5.41) is 0. The molecule has 112 valence electrons. The van der Waals surface area contributed by atoms with E-state index < -0.39 is 0 Å². The zero-order valence-electron chi connectivity index (χ0n) is 12.7. The fourth-order valence-electron chi connectivity index (χ4n) is 2.49. The van der Waals surface area contributed by atoms with Crippen LogP contribution >= 0.6 is 0 Å². The number of nitrogens with zero attached hydrogens (tertiary/aromatic N) is 2. The molecule has 0 bridgehead atoms. The Morgan fingerprint density at radius 2 is 1.90 bits per heavy atom. The Morgan fingerprint density at radius 1 is 1.20 bits per heavy atom. The van der Waals surface area contributed by atoms with Gasteiger partial charge in [0.15, 0.2) is 0 Å². The third kappa shape index (κ3) is 4.20. The first-order valence-corrected chi connectivity index (χ1v) is 7.59. The van der Waals surface area contributed by atoms with Crippen molar-refractivity contribution in [3.8, 4) is 5.75 Å². The van der Waals surface area contributed by atoms with Gasteiger partial charge in [0.05, 0.1) is 0 Å². The summed E-state index contributed by atoms with van der Waals surface area (Å²) in [7, 11) is 2.18. The first kappa shape index (κ1) is 15.3. The quantitative estimate of drug-likeness (QED) is 0.860. The van der Waals surface area contributed by atoms with Gasteiger partial charge in [0, 0.05) is 44.3 Å². The van der Waals surface area contributed by atoms with Crippen LogP contribution in [0.4, 0.5) is 0 Å². The lowest BCUT2D eigenvalue weighted by atomic mass is 10.0. The Balaban J connectivity index is 1.82. The topological polar surface area (TPSA) is 41.7 Å². The first-order chi connectivity index (χ1) is 9.70. The SMILES string of the molecule is CC[C@H](N)c1ccccc1OCCN1CCN(C)CC1. The lowest BCUT2D eigenvalue weighted by Crippen LogP contribution is -2.45. The van der Waals surface area contributed by atoms with Gasteiger partial charge in [-0.1, -0.05) is 25.1 Å². The maximum absolute atomic E-state index is 6.13. The normalized spacial score (nSPS) is 18.9. The number of hydrogen-bond donors (Lipinski definition) is 1. The van der Waals surface area contributed by atoms with E-state index in [4.69, 9.17) is 10.5 Å². The second-order valence-corrected chi connectivity index (χ2v) is 5.55. The molecule has 1 aliphatic rings. The second kappa shape index (κ2) is 7.62. The fourth-order valence-corrected chi connectivity index (χ4v) is 2.49. The molecule has 1 heterocycles. The predicted octanol–water partition coefficient (Wildman–Crippen LogP) is 1.72. The van der Waals surface area contributed by atoms with Crippen molar-refractivity contribution in [3.05, 3.63) is 29.8 Å². The highest BCUT2D eigenvalue weighted by Gasteiger charge is 2.14. The van der Waals surface area contributed by atoms with Crippen LogP contribution < -0.4 is 10.5 Å². The van der Waals surface area contributed by atoms with Crippen LogP contribution in [0.15, 0.2) is 24.3 Å². The molecule has 1 fully saturated rings. The van der Waals surface area contributed by atoms with Crippen LogP contribution in [0.5, 0.6) is 5.75 Å². The summed E-state index contributed by atoms with van der Waals surface area (Å²) in [6, 6.07) is 8.19. The maximum Gasteiger partial charge on any atom is 0.124 e. The van der Waals surface area contributed by atoms with Crippen molar-refractivity contribution >= 4 is 0 Å². The molecule has 0 aromatic heterocycles. The second-order valence-electron chi connectivity index (χ2n) is 5.55. The van der Waals surface area contributed by atoms with E-state index in [0.717, 1.165) is 57.1 Å². The molecule has 4 nitrogen and oxygen atoms in total. The molecule has 0 unspecified atom stereocenters. The first-order valence-electron chi connectivity index (χ1n) is 7.59. The van der Waals surface area contributed by atoms with Gasteiger partial charge in [-0.2, -0.15) is 0 Å². The highest BCUT2D eigenvalue weighted by Crippen LogP contribution is 2.25. The number of ether oxygens (including phenoxy) is 1. The smallest absolute Gasteiger partial charge is 0.124 e. The summed E-state index contributed by atoms with van der Waals surface area (Å²) < 4.78 is 5.95. The number of para-hydroxylation sites is 1. The molecule has 0 amide bonds. The van der Waals surface area contributed by atoms with Gasteiger partial charge in [-0.05, 0) is 19.5 Å². The average Bonchev–Trinajstić information content (AvgIpc) is 2.49. The number of nitrogens with two attached hydrogens (primary N) is 1. The summed E-state index contributed by atoms with van der Waals surface area (Å²) in [6.07, 6.45) is 0.929. The van der Waals surface area contributed by atoms with E-state index in [0.29, 0.717) is 0 Å². The Morgan fingerprint density at radius 3 is 2.60 bits per heavy atom. The van der Waals surface area contributed by atoms with Crippen LogP contribution in [0.3, 0.4) is 0 Å². The molecule has 4 heteroatoms. The van der Waals surface area contributed by atoms with Crippen molar-refractivity contribution in [2.45, 2.75) is 19.4 Å². The molecule has 1 aliphatic heterocycles. The monoisotopic (exact) mass is 277 g/mol. The summed E-state index contributed by atoms with van der Waals surface area (Å²) in [4.78, 5) is 4.83. The van der Waals surface area contributed by atoms with Gasteiger partial charge in [-0.25, -0.2) is 0 Å². The summed E-state index contributed by atoms with van der Waals surface area (Å²) in [5.41, 5.74) is 7.25. The van der Waals surface area contributed by atoms with Gasteiger partial charge >= 0.3 is 0 Å². The van der Waals surface area contributed by atoms with Crippen molar-refractivity contribution in [2.75, 3.05) is 46.4 Å². The van der Waals surface area contributed by atoms with Crippen LogP contribution in [-0.2, 0) is 0 Å². The Hall–Kier alpha value is -1.10. The average molecular weight is 277 g/mol. The standard InChI is InChI=1S/C16H27N3O/c1-3-15(17)14-6-4-5-7-16(14)20-13-12-19-10-8-18(2)9-11-19/h4-7,15H,3,8-13,17H2,1-2H3/t15-/m0/s1. The van der Waals surface area contributed by atoms with E-state index in [1.807, 2.05) is 18.2 Å². The van der Waals surface area contributed by atoms with Gasteiger partial charge in [0.2, 0.25) is 0 Å². The maximum atomic E-state index is 6.13. The predicted molar refractivity (Wildman–Crippen MR) is 83.1 cm³/mol. The lowest BCUT2D eigenvalue weighted by molar-refractivity contribution is 0.133. The molecular formula is C16H27N3O. The van der Waals surface area contributed by atoms with Crippen molar-refractivity contribution in [1.29, 1.82) is 0 Å². The molecule has 0 saturated carbocycles. The molecule has 1 aromatic carbocycles. The van der Waals surface area contributed by atoms with Gasteiger partial charge in [0.25, 0.3) is 0 Å². The minimum atomic E-state index is 0.0647. The highest BCUT2D eigenvalue weighted by atomic mass is 16.5. The Bertz CT molecular complexity index is 402. The van der Waals surface area contributed by atoms with Gasteiger partial charge in [-0.3, -0.25) is 4.90 Å². The molecule has 1 aromatic rings. The number of likely N-dealkylation sites (N-methyl/N-ethyl adjacent to an activating group) is 1. The van der Waals surface area contributed by atoms with Crippen molar-refractivity contribution in [2.24, 2.45) is 5.73 Å². The van der Waals surface area contributed by atoms with Crippen LogP contribution in [0.1, 0.15) is 24.9 Å². The van der Waals surface area contributed by atoms with Crippen molar-refractivity contribution in [3.63, 3.8) is 0 Å². The van der Waals surface area contributed by atoms with E-state index in [9.17, 15) is 0 Å².